The molecule has 138 valence electrons. The second-order valence-electron chi connectivity index (χ2n) is 6.60. The summed E-state index contributed by atoms with van der Waals surface area (Å²) in [6.45, 7) is 3.89. The van der Waals surface area contributed by atoms with Gasteiger partial charge in [-0.1, -0.05) is 30.3 Å². The van der Waals surface area contributed by atoms with Crippen LogP contribution in [0.25, 0.3) is 0 Å². The lowest BCUT2D eigenvalue weighted by Crippen LogP contribution is -2.35. The molecule has 2 rings (SSSR count). The van der Waals surface area contributed by atoms with Crippen LogP contribution in [0.3, 0.4) is 0 Å². The van der Waals surface area contributed by atoms with Crippen molar-refractivity contribution in [2.75, 3.05) is 13.6 Å². The van der Waals surface area contributed by atoms with E-state index in [-0.39, 0.29) is 42.7 Å². The molecule has 0 heterocycles. The first-order chi connectivity index (χ1) is 10.6. The van der Waals surface area contributed by atoms with Crippen LogP contribution in [0.1, 0.15) is 38.2 Å². The molecule has 24 heavy (non-hydrogen) atoms. The summed E-state index contributed by atoms with van der Waals surface area (Å²) in [6.07, 6.45) is 3.73. The van der Waals surface area contributed by atoms with Gasteiger partial charge in [-0.15, -0.1) is 24.8 Å². The van der Waals surface area contributed by atoms with Gasteiger partial charge in [-0.3, -0.25) is 9.69 Å². The smallest absolute Gasteiger partial charge is 0.223 e. The van der Waals surface area contributed by atoms with Crippen LogP contribution in [0.15, 0.2) is 30.3 Å². The molecule has 6 heteroatoms. The number of carbonyl (C=O) groups is 1. The van der Waals surface area contributed by atoms with Crippen molar-refractivity contribution in [1.82, 2.24) is 10.2 Å². The number of nitrogens with zero attached hydrogens (tertiary/aromatic N) is 1. The van der Waals surface area contributed by atoms with Gasteiger partial charge in [-0.2, -0.15) is 0 Å². The molecule has 0 spiro atoms. The number of rotatable bonds is 7. The minimum absolute atomic E-state index is 0. The first-order valence-electron chi connectivity index (χ1n) is 8.33. The predicted molar refractivity (Wildman–Crippen MR) is 105 cm³/mol. The Hall–Kier alpha value is -0.810. The molecule has 1 amide bonds. The van der Waals surface area contributed by atoms with E-state index in [1.807, 2.05) is 6.07 Å². The standard InChI is InChI=1S/C18H29N3O.2ClH/c1-14(21(2)13-15-6-4-3-5-7-15)10-11-20-18(22)16-8-9-17(19)12-16;;/h3-7,14,16-17H,8-13,19H2,1-2H3,(H,20,22);2*1H. The molecule has 3 unspecified atom stereocenters. The third-order valence-corrected chi connectivity index (χ3v) is 4.73. The van der Waals surface area contributed by atoms with Crippen LogP contribution < -0.4 is 11.1 Å². The summed E-state index contributed by atoms with van der Waals surface area (Å²) in [7, 11) is 2.13. The van der Waals surface area contributed by atoms with Crippen LogP contribution in [0.4, 0.5) is 0 Å². The maximum absolute atomic E-state index is 12.1. The van der Waals surface area contributed by atoms with Crippen molar-refractivity contribution in [3.63, 3.8) is 0 Å². The molecule has 0 aromatic heterocycles. The number of nitrogens with one attached hydrogen (secondary N) is 1. The van der Waals surface area contributed by atoms with E-state index in [0.29, 0.717) is 6.04 Å². The van der Waals surface area contributed by atoms with Crippen LogP contribution in [-0.2, 0) is 11.3 Å². The Labute approximate surface area is 158 Å². The van der Waals surface area contributed by atoms with Crippen LogP contribution in [0.5, 0.6) is 0 Å². The SMILES string of the molecule is CC(CCNC(=O)C1CCC(N)C1)N(C)Cc1ccccc1.Cl.Cl. The predicted octanol–water partition coefficient (Wildman–Crippen LogP) is 2.98. The molecule has 0 radical (unpaired) electrons. The quantitative estimate of drug-likeness (QED) is 0.769. The highest BCUT2D eigenvalue weighted by Crippen LogP contribution is 2.24. The van der Waals surface area contributed by atoms with Gasteiger partial charge < -0.3 is 11.1 Å². The Morgan fingerprint density at radius 1 is 1.29 bits per heavy atom. The highest BCUT2D eigenvalue weighted by molar-refractivity contribution is 5.85. The van der Waals surface area contributed by atoms with Crippen molar-refractivity contribution in [2.45, 2.75) is 51.2 Å². The van der Waals surface area contributed by atoms with Gasteiger partial charge in [0.25, 0.3) is 0 Å². The zero-order chi connectivity index (χ0) is 15.9. The van der Waals surface area contributed by atoms with Gasteiger partial charge in [-0.25, -0.2) is 0 Å². The molecule has 1 saturated carbocycles. The molecule has 0 aliphatic heterocycles. The van der Waals surface area contributed by atoms with E-state index in [1.54, 1.807) is 0 Å². The van der Waals surface area contributed by atoms with Crippen LogP contribution in [-0.4, -0.2) is 36.5 Å². The summed E-state index contributed by atoms with van der Waals surface area (Å²) in [4.78, 5) is 14.4. The van der Waals surface area contributed by atoms with E-state index in [2.05, 4.69) is 48.5 Å². The number of hydrogen-bond donors (Lipinski definition) is 2. The molecule has 4 nitrogen and oxygen atoms in total. The van der Waals surface area contributed by atoms with Gasteiger partial charge in [-0.05, 0) is 45.2 Å². The lowest BCUT2D eigenvalue weighted by atomic mass is 10.1. The molecule has 0 saturated heterocycles. The van der Waals surface area contributed by atoms with Crippen LogP contribution in [0.2, 0.25) is 0 Å². The first-order valence-corrected chi connectivity index (χ1v) is 8.33. The van der Waals surface area contributed by atoms with Crippen LogP contribution >= 0.6 is 24.8 Å². The Bertz CT molecular complexity index is 473. The summed E-state index contributed by atoms with van der Waals surface area (Å²) in [5.41, 5.74) is 7.19. The molecule has 1 aromatic rings. The highest BCUT2D eigenvalue weighted by Gasteiger charge is 2.27. The summed E-state index contributed by atoms with van der Waals surface area (Å²) >= 11 is 0. The minimum Gasteiger partial charge on any atom is -0.356 e. The van der Waals surface area contributed by atoms with E-state index in [4.69, 9.17) is 5.73 Å². The largest absolute Gasteiger partial charge is 0.356 e. The average Bonchev–Trinajstić information content (AvgIpc) is 2.94. The molecule has 3 atom stereocenters. The molecule has 1 fully saturated rings. The Balaban J connectivity index is 0.00000264. The number of nitrogens with two attached hydrogens (primary N) is 1. The van der Waals surface area contributed by atoms with Gasteiger partial charge >= 0.3 is 0 Å². The number of amides is 1. The average molecular weight is 376 g/mol. The number of carbonyl (C=O) groups excluding carboxylic acids is 1. The summed E-state index contributed by atoms with van der Waals surface area (Å²) in [5.74, 6) is 0.318. The summed E-state index contributed by atoms with van der Waals surface area (Å²) < 4.78 is 0. The van der Waals surface area contributed by atoms with Crippen molar-refractivity contribution in [3.8, 4) is 0 Å². The number of benzene rings is 1. The fourth-order valence-corrected chi connectivity index (χ4v) is 3.05. The highest BCUT2D eigenvalue weighted by atomic mass is 35.5. The lowest BCUT2D eigenvalue weighted by Gasteiger charge is -2.25. The Kier molecular flexibility index (Phi) is 11.3. The second kappa shape index (κ2) is 11.7. The van der Waals surface area contributed by atoms with E-state index < -0.39 is 0 Å². The number of halogens is 2. The topological polar surface area (TPSA) is 58.4 Å². The zero-order valence-corrected chi connectivity index (χ0v) is 16.2. The Morgan fingerprint density at radius 2 is 1.96 bits per heavy atom. The molecule has 0 bridgehead atoms. The normalized spacial score (nSPS) is 20.8. The van der Waals surface area contributed by atoms with Gasteiger partial charge in [0.15, 0.2) is 0 Å². The first kappa shape index (κ1) is 23.2. The molecular weight excluding hydrogens is 345 g/mol. The van der Waals surface area contributed by atoms with Crippen molar-refractivity contribution in [1.29, 1.82) is 0 Å². The van der Waals surface area contributed by atoms with Crippen molar-refractivity contribution in [3.05, 3.63) is 35.9 Å². The van der Waals surface area contributed by atoms with Gasteiger partial charge in [0, 0.05) is 31.1 Å². The van der Waals surface area contributed by atoms with Crippen molar-refractivity contribution >= 4 is 30.7 Å². The summed E-state index contributed by atoms with van der Waals surface area (Å²) in [5, 5.41) is 3.07. The van der Waals surface area contributed by atoms with E-state index in [1.165, 1.54) is 5.56 Å². The van der Waals surface area contributed by atoms with Gasteiger partial charge in [0.1, 0.15) is 0 Å². The molecule has 1 aromatic carbocycles. The monoisotopic (exact) mass is 375 g/mol. The third kappa shape index (κ3) is 7.39. The van der Waals surface area contributed by atoms with Crippen molar-refractivity contribution < 1.29 is 4.79 Å². The molecule has 3 N–H and O–H groups in total. The fraction of sp³-hybridized carbons (Fsp3) is 0.611. The molecule has 1 aliphatic rings. The Morgan fingerprint density at radius 3 is 2.54 bits per heavy atom. The third-order valence-electron chi connectivity index (χ3n) is 4.73. The molecular formula is C18H31Cl2N3O. The summed E-state index contributed by atoms with van der Waals surface area (Å²) in [6, 6.07) is 11.1. The van der Waals surface area contributed by atoms with E-state index >= 15 is 0 Å². The maximum atomic E-state index is 12.1. The van der Waals surface area contributed by atoms with E-state index in [0.717, 1.165) is 38.8 Å². The second-order valence-corrected chi connectivity index (χ2v) is 6.60. The van der Waals surface area contributed by atoms with Crippen molar-refractivity contribution in [2.24, 2.45) is 11.7 Å². The number of hydrogen-bond acceptors (Lipinski definition) is 3. The van der Waals surface area contributed by atoms with Gasteiger partial charge in [0.2, 0.25) is 5.91 Å². The van der Waals surface area contributed by atoms with Gasteiger partial charge in [0.05, 0.1) is 0 Å². The lowest BCUT2D eigenvalue weighted by molar-refractivity contribution is -0.124. The zero-order valence-electron chi connectivity index (χ0n) is 14.6. The van der Waals surface area contributed by atoms with Crippen LogP contribution in [0, 0.1) is 5.92 Å². The fourth-order valence-electron chi connectivity index (χ4n) is 3.05. The molecule has 1 aliphatic carbocycles. The maximum Gasteiger partial charge on any atom is 0.223 e. The van der Waals surface area contributed by atoms with E-state index in [9.17, 15) is 4.79 Å². The minimum atomic E-state index is 0.